The largest absolute Gasteiger partial charge is 0.417 e. The number of benzene rings is 1. The minimum Gasteiger partial charge on any atom is -0.410 e. The van der Waals surface area contributed by atoms with Gasteiger partial charge in [0, 0.05) is 13.1 Å². The summed E-state index contributed by atoms with van der Waals surface area (Å²) in [5.74, 6) is 1.27. The maximum absolute atomic E-state index is 11.8. The molecule has 1 aliphatic rings. The van der Waals surface area contributed by atoms with Crippen LogP contribution >= 0.6 is 0 Å². The smallest absolute Gasteiger partial charge is 0.410 e. The van der Waals surface area contributed by atoms with Crippen LogP contribution in [0.3, 0.4) is 0 Å². The van der Waals surface area contributed by atoms with Crippen LogP contribution < -0.4 is 15.0 Å². The van der Waals surface area contributed by atoms with E-state index in [1.807, 2.05) is 17.0 Å². The molecule has 0 saturated carbocycles. The SMILES string of the molecule is O=C(Nc1ccc(N2CC[C@H](O)C2)nc1)Oc1ccccc1. The number of anilines is 2. The first-order chi connectivity index (χ1) is 10.7. The highest BCUT2D eigenvalue weighted by atomic mass is 16.6. The van der Waals surface area contributed by atoms with Gasteiger partial charge < -0.3 is 14.7 Å². The zero-order valence-electron chi connectivity index (χ0n) is 12.0. The molecule has 0 aliphatic carbocycles. The number of carbonyl (C=O) groups excluding carboxylic acids is 1. The lowest BCUT2D eigenvalue weighted by molar-refractivity contribution is 0.198. The number of nitrogens with one attached hydrogen (secondary N) is 1. The van der Waals surface area contributed by atoms with Gasteiger partial charge in [0.05, 0.1) is 18.0 Å². The van der Waals surface area contributed by atoms with E-state index in [2.05, 4.69) is 10.3 Å². The Labute approximate surface area is 128 Å². The van der Waals surface area contributed by atoms with E-state index >= 15 is 0 Å². The molecule has 2 heterocycles. The van der Waals surface area contributed by atoms with Crippen LogP contribution in [0.4, 0.5) is 16.3 Å². The summed E-state index contributed by atoms with van der Waals surface area (Å²) in [5.41, 5.74) is 0.560. The van der Waals surface area contributed by atoms with Gasteiger partial charge in [-0.05, 0) is 30.7 Å². The standard InChI is InChI=1S/C16H17N3O3/c20-13-8-9-19(11-13)15-7-6-12(10-17-15)18-16(21)22-14-4-2-1-3-5-14/h1-7,10,13,20H,8-9,11H2,(H,18,21)/t13-/m0/s1. The number of rotatable bonds is 3. The van der Waals surface area contributed by atoms with Gasteiger partial charge >= 0.3 is 6.09 Å². The molecule has 6 nitrogen and oxygen atoms in total. The summed E-state index contributed by atoms with van der Waals surface area (Å²) in [4.78, 5) is 18.1. The fourth-order valence-corrected chi connectivity index (χ4v) is 2.34. The average Bonchev–Trinajstić information content (AvgIpc) is 2.95. The van der Waals surface area contributed by atoms with Crippen LogP contribution in [0.25, 0.3) is 0 Å². The first kappa shape index (κ1) is 14.3. The minimum absolute atomic E-state index is 0.291. The van der Waals surface area contributed by atoms with E-state index in [1.165, 1.54) is 0 Å². The molecule has 1 aromatic carbocycles. The summed E-state index contributed by atoms with van der Waals surface area (Å²) >= 11 is 0. The van der Waals surface area contributed by atoms with Crippen LogP contribution in [0.2, 0.25) is 0 Å². The summed E-state index contributed by atoms with van der Waals surface area (Å²) < 4.78 is 5.14. The monoisotopic (exact) mass is 299 g/mol. The van der Waals surface area contributed by atoms with E-state index in [0.717, 1.165) is 18.8 Å². The normalized spacial score (nSPS) is 17.3. The molecule has 1 saturated heterocycles. The highest BCUT2D eigenvalue weighted by Crippen LogP contribution is 2.19. The van der Waals surface area contributed by atoms with Crippen molar-refractivity contribution in [3.63, 3.8) is 0 Å². The number of amides is 1. The summed E-state index contributed by atoms with van der Waals surface area (Å²) in [6.45, 7) is 1.38. The maximum atomic E-state index is 11.8. The predicted molar refractivity (Wildman–Crippen MR) is 83.2 cm³/mol. The Kier molecular flexibility index (Phi) is 4.20. The van der Waals surface area contributed by atoms with Crippen LogP contribution in [0.15, 0.2) is 48.7 Å². The van der Waals surface area contributed by atoms with E-state index in [9.17, 15) is 9.90 Å². The molecule has 1 atom stereocenters. The van der Waals surface area contributed by atoms with Crippen LogP contribution in [0.1, 0.15) is 6.42 Å². The van der Waals surface area contributed by atoms with Gasteiger partial charge in [0.15, 0.2) is 0 Å². The van der Waals surface area contributed by atoms with Gasteiger partial charge in [-0.1, -0.05) is 18.2 Å². The number of β-amino-alcohol motifs (C(OH)–C–C–N with tert-alkyl or cyclic N) is 1. The Hall–Kier alpha value is -2.60. The van der Waals surface area contributed by atoms with E-state index < -0.39 is 6.09 Å². The van der Waals surface area contributed by atoms with Crippen molar-refractivity contribution in [2.75, 3.05) is 23.3 Å². The average molecular weight is 299 g/mol. The molecule has 3 rings (SSSR count). The molecule has 1 fully saturated rings. The number of pyridine rings is 1. The summed E-state index contributed by atoms with van der Waals surface area (Å²) in [5, 5.41) is 12.2. The first-order valence-electron chi connectivity index (χ1n) is 7.13. The van der Waals surface area contributed by atoms with Gasteiger partial charge in [0.2, 0.25) is 0 Å². The lowest BCUT2D eigenvalue weighted by atomic mass is 10.3. The minimum atomic E-state index is -0.558. The molecule has 0 spiro atoms. The van der Waals surface area contributed by atoms with Crippen LogP contribution in [0, 0.1) is 0 Å². The van der Waals surface area contributed by atoms with Crippen molar-refractivity contribution in [1.29, 1.82) is 0 Å². The Balaban J connectivity index is 1.58. The molecule has 0 unspecified atom stereocenters. The van der Waals surface area contributed by atoms with Crippen molar-refractivity contribution < 1.29 is 14.6 Å². The van der Waals surface area contributed by atoms with Crippen molar-refractivity contribution in [2.45, 2.75) is 12.5 Å². The van der Waals surface area contributed by atoms with Crippen LogP contribution in [0.5, 0.6) is 5.75 Å². The number of hydrogen-bond donors (Lipinski definition) is 2. The number of aliphatic hydroxyl groups excluding tert-OH is 1. The number of aliphatic hydroxyl groups is 1. The van der Waals surface area contributed by atoms with E-state index in [0.29, 0.717) is 18.0 Å². The summed E-state index contributed by atoms with van der Waals surface area (Å²) in [6.07, 6.45) is 1.48. The second-order valence-electron chi connectivity index (χ2n) is 5.12. The third-order valence-corrected chi connectivity index (χ3v) is 3.44. The highest BCUT2D eigenvalue weighted by molar-refractivity contribution is 5.86. The van der Waals surface area contributed by atoms with E-state index in [1.54, 1.807) is 36.5 Å². The fourth-order valence-electron chi connectivity index (χ4n) is 2.34. The van der Waals surface area contributed by atoms with Crippen molar-refractivity contribution in [3.8, 4) is 5.75 Å². The van der Waals surface area contributed by atoms with Gasteiger partial charge in [0.1, 0.15) is 11.6 Å². The van der Waals surface area contributed by atoms with Crippen molar-refractivity contribution in [2.24, 2.45) is 0 Å². The van der Waals surface area contributed by atoms with Crippen LogP contribution in [-0.4, -0.2) is 35.4 Å². The second kappa shape index (κ2) is 6.44. The number of ether oxygens (including phenoxy) is 1. The molecule has 2 aromatic rings. The molecule has 1 amide bonds. The molecular weight excluding hydrogens is 282 g/mol. The van der Waals surface area contributed by atoms with Gasteiger partial charge in [-0.25, -0.2) is 9.78 Å². The zero-order chi connectivity index (χ0) is 15.4. The number of nitrogens with zero attached hydrogens (tertiary/aromatic N) is 2. The highest BCUT2D eigenvalue weighted by Gasteiger charge is 2.21. The molecule has 1 aliphatic heterocycles. The molecule has 0 radical (unpaired) electrons. The lowest BCUT2D eigenvalue weighted by Gasteiger charge is -2.16. The van der Waals surface area contributed by atoms with Gasteiger partial charge in [-0.2, -0.15) is 0 Å². The third-order valence-electron chi connectivity index (χ3n) is 3.44. The number of carbonyl (C=O) groups is 1. The fraction of sp³-hybridized carbons (Fsp3) is 0.250. The molecule has 114 valence electrons. The number of aromatic nitrogens is 1. The molecule has 6 heteroatoms. The lowest BCUT2D eigenvalue weighted by Crippen LogP contribution is -2.22. The van der Waals surface area contributed by atoms with E-state index in [4.69, 9.17) is 4.74 Å². The van der Waals surface area contributed by atoms with Gasteiger partial charge in [-0.15, -0.1) is 0 Å². The molecule has 22 heavy (non-hydrogen) atoms. The molecule has 1 aromatic heterocycles. The van der Waals surface area contributed by atoms with E-state index in [-0.39, 0.29) is 6.10 Å². The van der Waals surface area contributed by atoms with Crippen LogP contribution in [-0.2, 0) is 0 Å². The molecule has 2 N–H and O–H groups in total. The van der Waals surface area contributed by atoms with Crippen molar-refractivity contribution >= 4 is 17.6 Å². The zero-order valence-corrected chi connectivity index (χ0v) is 12.0. The third kappa shape index (κ3) is 3.53. The van der Waals surface area contributed by atoms with Crippen molar-refractivity contribution in [1.82, 2.24) is 4.98 Å². The Morgan fingerprint density at radius 1 is 1.27 bits per heavy atom. The van der Waals surface area contributed by atoms with Crippen molar-refractivity contribution in [3.05, 3.63) is 48.7 Å². The summed E-state index contributed by atoms with van der Waals surface area (Å²) in [7, 11) is 0. The topological polar surface area (TPSA) is 74.7 Å². The van der Waals surface area contributed by atoms with Gasteiger partial charge in [0.25, 0.3) is 0 Å². The Morgan fingerprint density at radius 3 is 2.73 bits per heavy atom. The Morgan fingerprint density at radius 2 is 2.09 bits per heavy atom. The number of para-hydroxylation sites is 1. The predicted octanol–water partition coefficient (Wildman–Crippen LogP) is 2.26. The number of hydrogen-bond acceptors (Lipinski definition) is 5. The first-order valence-corrected chi connectivity index (χ1v) is 7.13. The summed E-state index contributed by atoms with van der Waals surface area (Å²) in [6, 6.07) is 12.4. The second-order valence-corrected chi connectivity index (χ2v) is 5.12. The molecular formula is C16H17N3O3. The maximum Gasteiger partial charge on any atom is 0.417 e. The quantitative estimate of drug-likeness (QED) is 0.909. The molecule has 0 bridgehead atoms. The Bertz CT molecular complexity index is 631. The van der Waals surface area contributed by atoms with Gasteiger partial charge in [-0.3, -0.25) is 5.32 Å².